The van der Waals surface area contributed by atoms with Crippen LogP contribution in [0.4, 0.5) is 0 Å². The summed E-state index contributed by atoms with van der Waals surface area (Å²) in [5.74, 6) is 0. The lowest BCUT2D eigenvalue weighted by Gasteiger charge is -2.44. The van der Waals surface area contributed by atoms with Crippen molar-refractivity contribution in [3.05, 3.63) is 60.7 Å². The predicted molar refractivity (Wildman–Crippen MR) is 118 cm³/mol. The first kappa shape index (κ1) is 19.8. The monoisotopic (exact) mass is 395 g/mol. The fraction of sp³-hybridized carbons (Fsp3) is 0.500. The number of rotatable bonds is 5. The standard InChI is InChI=1S/C24H33NO2Si/c1-23(2,3)28(21-11-6-4-7-12-21,22-13-8-5-9-14-22)27-20-17-24(19-26)15-10-16-25(24)18-20/h4-9,11-14,20,26H,10,15-19H2,1-3H3/t20-,24+/m1/s1. The summed E-state index contributed by atoms with van der Waals surface area (Å²) in [6.07, 6.45) is 3.38. The molecule has 2 heterocycles. The SMILES string of the molecule is CC(C)(C)[Si](O[C@H]1CN2CCC[C@@]2(CO)C1)(c1ccccc1)c1ccccc1. The molecule has 0 amide bonds. The Kier molecular flexibility index (Phi) is 5.25. The van der Waals surface area contributed by atoms with E-state index in [1.54, 1.807) is 0 Å². The Bertz CT molecular complexity index is 750. The highest BCUT2D eigenvalue weighted by molar-refractivity contribution is 6.99. The van der Waals surface area contributed by atoms with Crippen molar-refractivity contribution >= 4 is 18.7 Å². The van der Waals surface area contributed by atoms with Crippen LogP contribution >= 0.6 is 0 Å². The molecule has 0 radical (unpaired) electrons. The molecule has 1 N–H and O–H groups in total. The van der Waals surface area contributed by atoms with Gasteiger partial charge in [0.15, 0.2) is 0 Å². The molecule has 3 nitrogen and oxygen atoms in total. The second kappa shape index (κ2) is 7.41. The van der Waals surface area contributed by atoms with Gasteiger partial charge in [-0.2, -0.15) is 0 Å². The average Bonchev–Trinajstić information content (AvgIpc) is 3.23. The van der Waals surface area contributed by atoms with Crippen molar-refractivity contribution in [2.45, 2.75) is 56.7 Å². The quantitative estimate of drug-likeness (QED) is 0.790. The van der Waals surface area contributed by atoms with Gasteiger partial charge in [-0.3, -0.25) is 4.90 Å². The zero-order chi connectivity index (χ0) is 19.8. The normalized spacial score (nSPS) is 25.8. The highest BCUT2D eigenvalue weighted by Crippen LogP contribution is 2.43. The molecule has 0 saturated carbocycles. The van der Waals surface area contributed by atoms with E-state index in [1.165, 1.54) is 16.8 Å². The van der Waals surface area contributed by atoms with Crippen LogP contribution in [0.25, 0.3) is 0 Å². The molecule has 0 spiro atoms. The Morgan fingerprint density at radius 3 is 2.07 bits per heavy atom. The summed E-state index contributed by atoms with van der Waals surface area (Å²) in [4.78, 5) is 2.48. The summed E-state index contributed by atoms with van der Waals surface area (Å²) >= 11 is 0. The molecule has 0 aromatic heterocycles. The first-order chi connectivity index (χ1) is 13.4. The number of nitrogens with zero attached hydrogens (tertiary/aromatic N) is 1. The van der Waals surface area contributed by atoms with E-state index in [2.05, 4.69) is 86.3 Å². The van der Waals surface area contributed by atoms with E-state index >= 15 is 0 Å². The topological polar surface area (TPSA) is 32.7 Å². The summed E-state index contributed by atoms with van der Waals surface area (Å²) < 4.78 is 7.28. The molecule has 2 aliphatic heterocycles. The van der Waals surface area contributed by atoms with Crippen LogP contribution in [0, 0.1) is 0 Å². The Labute approximate surface area is 170 Å². The van der Waals surface area contributed by atoms with Crippen LogP contribution in [0.15, 0.2) is 60.7 Å². The molecule has 2 saturated heterocycles. The van der Waals surface area contributed by atoms with Crippen molar-refractivity contribution in [2.75, 3.05) is 19.7 Å². The van der Waals surface area contributed by atoms with Gasteiger partial charge in [-0.1, -0.05) is 81.4 Å². The first-order valence-corrected chi connectivity index (χ1v) is 12.5. The van der Waals surface area contributed by atoms with Gasteiger partial charge in [-0.05, 0) is 41.2 Å². The van der Waals surface area contributed by atoms with Crippen LogP contribution in [0.3, 0.4) is 0 Å². The van der Waals surface area contributed by atoms with Gasteiger partial charge in [0.2, 0.25) is 0 Å². The summed E-state index contributed by atoms with van der Waals surface area (Å²) in [6.45, 7) is 9.26. The van der Waals surface area contributed by atoms with Gasteiger partial charge in [0.05, 0.1) is 12.7 Å². The van der Waals surface area contributed by atoms with Crippen LogP contribution < -0.4 is 10.4 Å². The van der Waals surface area contributed by atoms with Crippen molar-refractivity contribution in [1.29, 1.82) is 0 Å². The number of hydrogen-bond acceptors (Lipinski definition) is 3. The summed E-state index contributed by atoms with van der Waals surface area (Å²) in [5, 5.41) is 12.8. The maximum Gasteiger partial charge on any atom is 0.261 e. The zero-order valence-electron chi connectivity index (χ0n) is 17.4. The average molecular weight is 396 g/mol. The lowest BCUT2D eigenvalue weighted by atomic mass is 9.95. The molecule has 2 aliphatic rings. The molecular weight excluding hydrogens is 362 g/mol. The largest absolute Gasteiger partial charge is 0.403 e. The van der Waals surface area contributed by atoms with E-state index < -0.39 is 8.32 Å². The van der Waals surface area contributed by atoms with Crippen molar-refractivity contribution < 1.29 is 9.53 Å². The van der Waals surface area contributed by atoms with Gasteiger partial charge in [0.1, 0.15) is 0 Å². The molecule has 2 fully saturated rings. The van der Waals surface area contributed by atoms with Crippen LogP contribution in [0.5, 0.6) is 0 Å². The summed E-state index contributed by atoms with van der Waals surface area (Å²) in [5.41, 5.74) is -0.0595. The van der Waals surface area contributed by atoms with Gasteiger partial charge in [0.25, 0.3) is 8.32 Å². The molecule has 150 valence electrons. The van der Waals surface area contributed by atoms with Gasteiger partial charge >= 0.3 is 0 Å². The molecule has 0 unspecified atom stereocenters. The molecule has 4 heteroatoms. The van der Waals surface area contributed by atoms with Crippen LogP contribution in [-0.4, -0.2) is 49.7 Å². The van der Waals surface area contributed by atoms with E-state index in [-0.39, 0.29) is 23.3 Å². The van der Waals surface area contributed by atoms with Gasteiger partial charge in [0, 0.05) is 12.1 Å². The van der Waals surface area contributed by atoms with Gasteiger partial charge < -0.3 is 9.53 Å². The minimum atomic E-state index is -2.52. The fourth-order valence-corrected chi connectivity index (χ4v) is 10.2. The maximum absolute atomic E-state index is 10.2. The third-order valence-electron chi connectivity index (χ3n) is 6.83. The van der Waals surface area contributed by atoms with E-state index in [0.717, 1.165) is 25.9 Å². The lowest BCUT2D eigenvalue weighted by molar-refractivity contribution is 0.0992. The zero-order valence-corrected chi connectivity index (χ0v) is 18.4. The smallest absolute Gasteiger partial charge is 0.261 e. The molecule has 4 rings (SSSR count). The minimum Gasteiger partial charge on any atom is -0.403 e. The molecular formula is C24H33NO2Si. The van der Waals surface area contributed by atoms with E-state index in [0.29, 0.717) is 0 Å². The van der Waals surface area contributed by atoms with Crippen LogP contribution in [-0.2, 0) is 4.43 Å². The first-order valence-electron chi connectivity index (χ1n) is 10.6. The number of aliphatic hydroxyl groups excluding tert-OH is 1. The predicted octanol–water partition coefficient (Wildman–Crippen LogP) is 3.16. The lowest BCUT2D eigenvalue weighted by Crippen LogP contribution is -2.67. The van der Waals surface area contributed by atoms with Gasteiger partial charge in [-0.25, -0.2) is 0 Å². The van der Waals surface area contributed by atoms with E-state index in [4.69, 9.17) is 4.43 Å². The highest BCUT2D eigenvalue weighted by Gasteiger charge is 2.55. The molecule has 28 heavy (non-hydrogen) atoms. The van der Waals surface area contributed by atoms with Crippen molar-refractivity contribution in [2.24, 2.45) is 0 Å². The molecule has 0 aliphatic carbocycles. The van der Waals surface area contributed by atoms with E-state index in [9.17, 15) is 5.11 Å². The Morgan fingerprint density at radius 2 is 1.61 bits per heavy atom. The molecule has 0 bridgehead atoms. The highest BCUT2D eigenvalue weighted by atomic mass is 28.4. The summed E-state index contributed by atoms with van der Waals surface area (Å²) in [6, 6.07) is 21.7. The molecule has 2 aromatic carbocycles. The third-order valence-corrected chi connectivity index (χ3v) is 11.9. The van der Waals surface area contributed by atoms with Crippen molar-refractivity contribution in [1.82, 2.24) is 4.90 Å². The second-order valence-electron chi connectivity index (χ2n) is 9.54. The molecule has 2 aromatic rings. The molecule has 2 atom stereocenters. The number of benzene rings is 2. The van der Waals surface area contributed by atoms with Crippen LogP contribution in [0.2, 0.25) is 5.04 Å². The van der Waals surface area contributed by atoms with Gasteiger partial charge in [-0.15, -0.1) is 0 Å². The number of fused-ring (bicyclic) bond motifs is 1. The Balaban J connectivity index is 1.78. The minimum absolute atomic E-state index is 0.00484. The fourth-order valence-electron chi connectivity index (χ4n) is 5.51. The van der Waals surface area contributed by atoms with Crippen molar-refractivity contribution in [3.8, 4) is 0 Å². The number of aliphatic hydroxyl groups is 1. The number of hydrogen-bond donors (Lipinski definition) is 1. The maximum atomic E-state index is 10.2. The summed E-state index contributed by atoms with van der Waals surface area (Å²) in [7, 11) is -2.52. The Hall–Kier alpha value is -1.46. The van der Waals surface area contributed by atoms with Crippen LogP contribution in [0.1, 0.15) is 40.0 Å². The van der Waals surface area contributed by atoms with Crippen molar-refractivity contribution in [3.63, 3.8) is 0 Å². The van der Waals surface area contributed by atoms with E-state index in [1.807, 2.05) is 0 Å². The third kappa shape index (κ3) is 3.16. The second-order valence-corrected chi connectivity index (χ2v) is 13.8. The Morgan fingerprint density at radius 1 is 1.04 bits per heavy atom.